The monoisotopic (exact) mass is 312 g/mol. The zero-order chi connectivity index (χ0) is 15.5. The summed E-state index contributed by atoms with van der Waals surface area (Å²) in [5.41, 5.74) is 0. The summed E-state index contributed by atoms with van der Waals surface area (Å²) in [6.07, 6.45) is 1.34. The molecule has 21 heavy (non-hydrogen) atoms. The molecule has 0 N–H and O–H groups in total. The van der Waals surface area contributed by atoms with Crippen LogP contribution in [0.3, 0.4) is 0 Å². The van der Waals surface area contributed by atoms with Gasteiger partial charge in [0.25, 0.3) is 0 Å². The Labute approximate surface area is 120 Å². The van der Waals surface area contributed by atoms with Gasteiger partial charge in [-0.25, -0.2) is 12.8 Å². The number of benzene rings is 1. The molecule has 0 bridgehead atoms. The van der Waals surface area contributed by atoms with Crippen LogP contribution >= 0.6 is 0 Å². The lowest BCUT2D eigenvalue weighted by Gasteiger charge is -2.21. The van der Waals surface area contributed by atoms with E-state index in [1.807, 2.05) is 0 Å². The van der Waals surface area contributed by atoms with Crippen molar-refractivity contribution in [3.8, 4) is 0 Å². The van der Waals surface area contributed by atoms with Crippen molar-refractivity contribution in [1.82, 2.24) is 4.31 Å². The van der Waals surface area contributed by atoms with Gasteiger partial charge in [-0.1, -0.05) is 0 Å². The molecule has 2 rings (SSSR count). The Hall–Kier alpha value is -2.19. The van der Waals surface area contributed by atoms with Crippen molar-refractivity contribution in [2.75, 3.05) is 6.54 Å². The summed E-state index contributed by atoms with van der Waals surface area (Å²) in [5.74, 6) is -1.86. The molecular formula is C13H11FNO5S-. The molecule has 0 spiro atoms. The first kappa shape index (κ1) is 15.2. The van der Waals surface area contributed by atoms with Crippen molar-refractivity contribution in [2.45, 2.75) is 11.4 Å². The largest absolute Gasteiger partial charge is 0.549 e. The highest BCUT2D eigenvalue weighted by molar-refractivity contribution is 7.89. The molecule has 0 saturated carbocycles. The molecule has 6 nitrogen and oxygen atoms in total. The Morgan fingerprint density at radius 1 is 1.24 bits per heavy atom. The lowest BCUT2D eigenvalue weighted by molar-refractivity contribution is -0.305. The topological polar surface area (TPSA) is 90.7 Å². The van der Waals surface area contributed by atoms with Crippen molar-refractivity contribution in [1.29, 1.82) is 0 Å². The highest BCUT2D eigenvalue weighted by Gasteiger charge is 2.25. The van der Waals surface area contributed by atoms with E-state index < -0.39 is 28.4 Å². The van der Waals surface area contributed by atoms with Crippen LogP contribution in [0.1, 0.15) is 5.76 Å². The first-order valence-corrected chi connectivity index (χ1v) is 7.31. The third-order valence-corrected chi connectivity index (χ3v) is 4.48. The third kappa shape index (κ3) is 3.67. The highest BCUT2D eigenvalue weighted by Crippen LogP contribution is 2.18. The highest BCUT2D eigenvalue weighted by atomic mass is 32.2. The van der Waals surface area contributed by atoms with E-state index in [1.54, 1.807) is 6.07 Å². The van der Waals surface area contributed by atoms with E-state index in [4.69, 9.17) is 4.42 Å². The second-order valence-corrected chi connectivity index (χ2v) is 6.12. The number of halogens is 1. The van der Waals surface area contributed by atoms with Crippen LogP contribution in [0.4, 0.5) is 4.39 Å². The van der Waals surface area contributed by atoms with Crippen LogP contribution in [0.5, 0.6) is 0 Å². The van der Waals surface area contributed by atoms with Gasteiger partial charge < -0.3 is 14.3 Å². The summed E-state index contributed by atoms with van der Waals surface area (Å²) in [6.45, 7) is -1.10. The van der Waals surface area contributed by atoms with Gasteiger partial charge in [-0.05, 0) is 36.4 Å². The molecule has 0 amide bonds. The van der Waals surface area contributed by atoms with E-state index in [2.05, 4.69) is 0 Å². The van der Waals surface area contributed by atoms with Gasteiger partial charge in [0, 0.05) is 0 Å². The lowest BCUT2D eigenvalue weighted by Crippen LogP contribution is -2.41. The van der Waals surface area contributed by atoms with E-state index in [9.17, 15) is 22.7 Å². The minimum Gasteiger partial charge on any atom is -0.549 e. The number of hydrogen-bond acceptors (Lipinski definition) is 5. The first-order valence-electron chi connectivity index (χ1n) is 5.87. The van der Waals surface area contributed by atoms with Gasteiger partial charge in [0.05, 0.1) is 30.2 Å². The fraction of sp³-hybridized carbons (Fsp3) is 0.154. The van der Waals surface area contributed by atoms with Gasteiger partial charge >= 0.3 is 0 Å². The molecule has 1 aromatic carbocycles. The number of nitrogens with zero attached hydrogens (tertiary/aromatic N) is 1. The third-order valence-electron chi connectivity index (χ3n) is 2.67. The molecule has 0 saturated heterocycles. The second-order valence-electron chi connectivity index (χ2n) is 4.18. The van der Waals surface area contributed by atoms with Gasteiger partial charge in [0.2, 0.25) is 10.0 Å². The van der Waals surface area contributed by atoms with Crippen LogP contribution < -0.4 is 5.11 Å². The fourth-order valence-corrected chi connectivity index (χ4v) is 3.05. The average molecular weight is 312 g/mol. The normalized spacial score (nSPS) is 11.7. The summed E-state index contributed by atoms with van der Waals surface area (Å²) >= 11 is 0. The predicted molar refractivity (Wildman–Crippen MR) is 67.7 cm³/mol. The number of aliphatic carboxylic acids is 1. The Kier molecular flexibility index (Phi) is 4.39. The van der Waals surface area contributed by atoms with E-state index in [0.29, 0.717) is 4.31 Å². The molecule has 0 unspecified atom stereocenters. The van der Waals surface area contributed by atoms with Crippen LogP contribution in [0, 0.1) is 5.82 Å². The maximum Gasteiger partial charge on any atom is 0.243 e. The zero-order valence-corrected chi connectivity index (χ0v) is 11.5. The number of carbonyl (C=O) groups is 1. The number of carboxylic acid groups (broad SMARTS) is 1. The number of sulfonamides is 1. The number of hydrogen-bond donors (Lipinski definition) is 0. The smallest absolute Gasteiger partial charge is 0.243 e. The van der Waals surface area contributed by atoms with Crippen molar-refractivity contribution in [2.24, 2.45) is 0 Å². The summed E-state index contributed by atoms with van der Waals surface area (Å²) in [7, 11) is -4.10. The maximum absolute atomic E-state index is 12.9. The zero-order valence-electron chi connectivity index (χ0n) is 10.7. The predicted octanol–water partition coefficient (Wildman–Crippen LogP) is 0.359. The molecule has 112 valence electrons. The summed E-state index contributed by atoms with van der Waals surface area (Å²) in [5, 5.41) is 10.8. The standard InChI is InChI=1S/C13H12FNO5S/c14-10-3-5-12(6-4-10)21(18,19)15(9-13(16)17)8-11-2-1-7-20-11/h1-7H,8-9H2,(H,16,17)/p-1. The van der Waals surface area contributed by atoms with Crippen LogP contribution in [-0.4, -0.2) is 25.2 Å². The van der Waals surface area contributed by atoms with E-state index in [1.165, 1.54) is 12.3 Å². The molecule has 0 radical (unpaired) electrons. The molecule has 2 aromatic rings. The van der Waals surface area contributed by atoms with Crippen LogP contribution in [-0.2, 0) is 21.4 Å². The molecule has 0 aliphatic rings. The number of carbonyl (C=O) groups excluding carboxylic acids is 1. The minimum absolute atomic E-state index is 0.211. The van der Waals surface area contributed by atoms with Crippen molar-refractivity contribution >= 4 is 16.0 Å². The number of carboxylic acids is 1. The molecular weight excluding hydrogens is 301 g/mol. The SMILES string of the molecule is O=C([O-])CN(Cc1ccco1)S(=O)(=O)c1ccc(F)cc1. The Bertz CT molecular complexity index is 710. The summed E-state index contributed by atoms with van der Waals surface area (Å²) in [6, 6.07) is 7.16. The molecule has 0 atom stereocenters. The van der Waals surface area contributed by atoms with E-state index in [0.717, 1.165) is 24.3 Å². The molecule has 0 aliphatic carbocycles. The lowest BCUT2D eigenvalue weighted by atomic mass is 10.4. The van der Waals surface area contributed by atoms with Gasteiger partial charge in [-0.3, -0.25) is 0 Å². The Morgan fingerprint density at radius 3 is 2.43 bits per heavy atom. The van der Waals surface area contributed by atoms with Crippen LogP contribution in [0.2, 0.25) is 0 Å². The van der Waals surface area contributed by atoms with Crippen molar-refractivity contribution in [3.63, 3.8) is 0 Å². The van der Waals surface area contributed by atoms with Crippen LogP contribution in [0.15, 0.2) is 52.0 Å². The maximum atomic E-state index is 12.9. The van der Waals surface area contributed by atoms with E-state index >= 15 is 0 Å². The van der Waals surface area contributed by atoms with Gasteiger partial charge in [0.1, 0.15) is 11.6 Å². The van der Waals surface area contributed by atoms with Crippen molar-refractivity contribution in [3.05, 3.63) is 54.2 Å². The molecule has 8 heteroatoms. The van der Waals surface area contributed by atoms with Crippen LogP contribution in [0.25, 0.3) is 0 Å². The molecule has 0 fully saturated rings. The number of rotatable bonds is 6. The second kappa shape index (κ2) is 6.06. The van der Waals surface area contributed by atoms with Gasteiger partial charge in [-0.15, -0.1) is 0 Å². The van der Waals surface area contributed by atoms with Gasteiger partial charge in [-0.2, -0.15) is 4.31 Å². The summed E-state index contributed by atoms with van der Waals surface area (Å²) in [4.78, 5) is 10.6. The number of furan rings is 1. The quantitative estimate of drug-likeness (QED) is 0.768. The molecule has 1 heterocycles. The fourth-order valence-electron chi connectivity index (χ4n) is 1.70. The van der Waals surface area contributed by atoms with Crippen molar-refractivity contribution < 1.29 is 27.1 Å². The van der Waals surface area contributed by atoms with E-state index in [-0.39, 0.29) is 17.2 Å². The summed E-state index contributed by atoms with van der Waals surface area (Å²) < 4.78 is 43.3. The Balaban J connectivity index is 2.34. The first-order chi connectivity index (χ1) is 9.89. The van der Waals surface area contributed by atoms with Gasteiger partial charge in [0.15, 0.2) is 0 Å². The molecule has 0 aliphatic heterocycles. The minimum atomic E-state index is -4.10. The average Bonchev–Trinajstić information content (AvgIpc) is 2.91. The molecule has 1 aromatic heterocycles. The Morgan fingerprint density at radius 2 is 1.90 bits per heavy atom.